The minimum atomic E-state index is 0.167. The number of pyridine rings is 1. The van der Waals surface area contributed by atoms with Gasteiger partial charge in [-0.15, -0.1) is 0 Å². The number of rotatable bonds is 13. The fourth-order valence-electron chi connectivity index (χ4n) is 6.56. The third-order valence-corrected chi connectivity index (χ3v) is 9.46. The van der Waals surface area contributed by atoms with Gasteiger partial charge < -0.3 is 19.6 Å². The Hall–Kier alpha value is -3.38. The Morgan fingerprint density at radius 3 is 2.16 bits per heavy atom. The van der Waals surface area contributed by atoms with Gasteiger partial charge in [0, 0.05) is 69.3 Å². The van der Waals surface area contributed by atoms with Crippen LogP contribution in [0.3, 0.4) is 0 Å². The van der Waals surface area contributed by atoms with Gasteiger partial charge in [-0.2, -0.15) is 0 Å². The highest BCUT2D eigenvalue weighted by atomic mass is 16.2. The van der Waals surface area contributed by atoms with E-state index in [1.54, 1.807) is 0 Å². The van der Waals surface area contributed by atoms with Crippen molar-refractivity contribution < 1.29 is 4.79 Å². The van der Waals surface area contributed by atoms with Gasteiger partial charge in [0.2, 0.25) is 0 Å². The molecular weight excluding hydrogens is 542 g/mol. The van der Waals surface area contributed by atoms with E-state index in [1.165, 1.54) is 42.5 Å². The zero-order valence-electron chi connectivity index (χ0n) is 27.3. The lowest BCUT2D eigenvalue weighted by Gasteiger charge is -2.39. The molecule has 0 aliphatic carbocycles. The highest BCUT2D eigenvalue weighted by molar-refractivity contribution is 5.94. The molecule has 0 bridgehead atoms. The quantitative estimate of drug-likeness (QED) is 0.194. The number of aryl methyl sites for hydroxylation is 1. The van der Waals surface area contributed by atoms with Crippen molar-refractivity contribution in [2.75, 3.05) is 55.6 Å². The molecule has 1 aromatic heterocycles. The lowest BCUT2D eigenvalue weighted by atomic mass is 9.99. The highest BCUT2D eigenvalue weighted by Crippen LogP contribution is 2.25. The van der Waals surface area contributed by atoms with Crippen molar-refractivity contribution in [2.24, 2.45) is 5.92 Å². The van der Waals surface area contributed by atoms with Crippen LogP contribution in [0.2, 0.25) is 0 Å². The van der Waals surface area contributed by atoms with E-state index < -0.39 is 0 Å². The van der Waals surface area contributed by atoms with Gasteiger partial charge in [0.25, 0.3) is 5.91 Å². The number of amides is 1. The minimum absolute atomic E-state index is 0.167. The summed E-state index contributed by atoms with van der Waals surface area (Å²) in [5.41, 5.74) is 4.60. The van der Waals surface area contributed by atoms with Crippen LogP contribution in [0.25, 0.3) is 0 Å². The number of hydrogen-bond acceptors (Lipinski definition) is 5. The second kappa shape index (κ2) is 16.1. The topological polar surface area (TPSA) is 42.9 Å². The number of aromatic nitrogens is 1. The third-order valence-electron chi connectivity index (χ3n) is 9.46. The number of nitrogens with zero attached hydrogens (tertiary/aromatic N) is 5. The second-order valence-corrected chi connectivity index (χ2v) is 13.2. The molecule has 2 fully saturated rings. The standard InChI is InChI=1S/C38H53N5O/c1-4-5-6-9-32-11-15-34(16-12-32)38(44)43(36-20-24-40(25-21-36)23-19-31(2)3)30-33-13-17-35(18-14-33)41-26-28-42(29-27-41)37-10-7-8-22-39-37/h7-8,10-18,22,31,36H,4-6,9,19-21,23-30H2,1-3H3. The number of benzene rings is 2. The highest BCUT2D eigenvalue weighted by Gasteiger charge is 2.29. The average molecular weight is 596 g/mol. The Balaban J connectivity index is 1.24. The van der Waals surface area contributed by atoms with Crippen LogP contribution in [-0.4, -0.2) is 72.5 Å². The van der Waals surface area contributed by atoms with Gasteiger partial charge in [-0.3, -0.25) is 4.79 Å². The van der Waals surface area contributed by atoms with Gasteiger partial charge in [0.1, 0.15) is 5.82 Å². The maximum atomic E-state index is 14.1. The van der Waals surface area contributed by atoms with Crippen molar-refractivity contribution >= 4 is 17.4 Å². The van der Waals surface area contributed by atoms with Crippen LogP contribution in [0.4, 0.5) is 11.5 Å². The fourth-order valence-corrected chi connectivity index (χ4v) is 6.56. The maximum absolute atomic E-state index is 14.1. The molecule has 0 atom stereocenters. The summed E-state index contributed by atoms with van der Waals surface area (Å²) in [6.07, 6.45) is 9.97. The Morgan fingerprint density at radius 2 is 1.52 bits per heavy atom. The van der Waals surface area contributed by atoms with E-state index in [0.29, 0.717) is 6.54 Å². The third kappa shape index (κ3) is 8.84. The number of likely N-dealkylation sites (tertiary alicyclic amines) is 1. The molecule has 2 aromatic carbocycles. The number of carbonyl (C=O) groups excluding carboxylic acids is 1. The van der Waals surface area contributed by atoms with Crippen molar-refractivity contribution in [1.82, 2.24) is 14.8 Å². The van der Waals surface area contributed by atoms with Crippen molar-refractivity contribution in [3.05, 3.63) is 89.6 Å². The van der Waals surface area contributed by atoms with Crippen LogP contribution < -0.4 is 9.80 Å². The molecule has 1 amide bonds. The Kier molecular flexibility index (Phi) is 11.7. The minimum Gasteiger partial charge on any atom is -0.368 e. The molecule has 0 saturated carbocycles. The van der Waals surface area contributed by atoms with Gasteiger partial charge >= 0.3 is 0 Å². The summed E-state index contributed by atoms with van der Waals surface area (Å²) in [4.78, 5) is 28.2. The fraction of sp³-hybridized carbons (Fsp3) is 0.526. The van der Waals surface area contributed by atoms with Gasteiger partial charge in [-0.1, -0.05) is 63.9 Å². The number of piperidine rings is 1. The van der Waals surface area contributed by atoms with Gasteiger partial charge in [-0.25, -0.2) is 4.98 Å². The number of anilines is 2. The summed E-state index contributed by atoms with van der Waals surface area (Å²) in [6.45, 7) is 14.7. The van der Waals surface area contributed by atoms with E-state index in [1.807, 2.05) is 12.3 Å². The normalized spacial score (nSPS) is 16.5. The molecule has 0 radical (unpaired) electrons. The van der Waals surface area contributed by atoms with Gasteiger partial charge in [0.05, 0.1) is 0 Å². The van der Waals surface area contributed by atoms with Gasteiger partial charge in [0.15, 0.2) is 0 Å². The monoisotopic (exact) mass is 595 g/mol. The molecule has 0 N–H and O–H groups in total. The Morgan fingerprint density at radius 1 is 0.841 bits per heavy atom. The van der Waals surface area contributed by atoms with E-state index in [0.717, 1.165) is 82.4 Å². The van der Waals surface area contributed by atoms with Crippen molar-refractivity contribution in [3.8, 4) is 0 Å². The molecule has 44 heavy (non-hydrogen) atoms. The predicted octanol–water partition coefficient (Wildman–Crippen LogP) is 7.29. The molecule has 3 aromatic rings. The van der Waals surface area contributed by atoms with Crippen LogP contribution in [0.15, 0.2) is 72.9 Å². The van der Waals surface area contributed by atoms with Crippen LogP contribution in [0.1, 0.15) is 80.8 Å². The first-order valence-corrected chi connectivity index (χ1v) is 17.1. The largest absolute Gasteiger partial charge is 0.368 e. The van der Waals surface area contributed by atoms with Crippen LogP contribution in [0, 0.1) is 5.92 Å². The summed E-state index contributed by atoms with van der Waals surface area (Å²) in [5, 5.41) is 0. The SMILES string of the molecule is CCCCCc1ccc(C(=O)N(Cc2ccc(N3CCN(c4ccccn4)CC3)cc2)C2CCN(CCC(C)C)CC2)cc1. The summed E-state index contributed by atoms with van der Waals surface area (Å²) in [5.74, 6) is 1.95. The first-order valence-electron chi connectivity index (χ1n) is 17.1. The first kappa shape index (κ1) is 32.0. The van der Waals surface area contributed by atoms with E-state index >= 15 is 0 Å². The zero-order valence-corrected chi connectivity index (χ0v) is 27.3. The van der Waals surface area contributed by atoms with Crippen molar-refractivity contribution in [1.29, 1.82) is 0 Å². The molecule has 0 unspecified atom stereocenters. The molecule has 2 aliphatic rings. The van der Waals surface area contributed by atoms with E-state index in [9.17, 15) is 4.79 Å². The Labute approximate surface area is 266 Å². The van der Waals surface area contributed by atoms with E-state index in [4.69, 9.17) is 0 Å². The summed E-state index contributed by atoms with van der Waals surface area (Å²) in [6, 6.07) is 23.8. The average Bonchev–Trinajstić information content (AvgIpc) is 3.07. The van der Waals surface area contributed by atoms with E-state index in [-0.39, 0.29) is 11.9 Å². The van der Waals surface area contributed by atoms with Crippen LogP contribution >= 0.6 is 0 Å². The molecule has 6 nitrogen and oxygen atoms in total. The van der Waals surface area contributed by atoms with Crippen molar-refractivity contribution in [3.63, 3.8) is 0 Å². The summed E-state index contributed by atoms with van der Waals surface area (Å²) in [7, 11) is 0. The predicted molar refractivity (Wildman–Crippen MR) is 184 cm³/mol. The summed E-state index contributed by atoms with van der Waals surface area (Å²) >= 11 is 0. The molecule has 236 valence electrons. The molecule has 6 heteroatoms. The molecular formula is C38H53N5O. The molecule has 5 rings (SSSR count). The number of hydrogen-bond donors (Lipinski definition) is 0. The lowest BCUT2D eigenvalue weighted by molar-refractivity contribution is 0.0546. The van der Waals surface area contributed by atoms with Crippen molar-refractivity contribution in [2.45, 2.75) is 78.3 Å². The molecule has 0 spiro atoms. The smallest absolute Gasteiger partial charge is 0.254 e. The van der Waals surface area contributed by atoms with Crippen LogP contribution in [0.5, 0.6) is 0 Å². The molecule has 2 saturated heterocycles. The molecule has 3 heterocycles. The zero-order chi connectivity index (χ0) is 30.7. The number of unbranched alkanes of at least 4 members (excludes halogenated alkanes) is 2. The van der Waals surface area contributed by atoms with Gasteiger partial charge in [-0.05, 0) is 92.1 Å². The summed E-state index contributed by atoms with van der Waals surface area (Å²) < 4.78 is 0. The Bertz CT molecular complexity index is 1260. The van der Waals surface area contributed by atoms with Crippen LogP contribution in [-0.2, 0) is 13.0 Å². The number of carbonyl (C=O) groups is 1. The van der Waals surface area contributed by atoms with E-state index in [2.05, 4.69) is 106 Å². The number of piperazine rings is 1. The molecule has 2 aliphatic heterocycles. The second-order valence-electron chi connectivity index (χ2n) is 13.2. The maximum Gasteiger partial charge on any atom is 0.254 e. The lowest BCUT2D eigenvalue weighted by Crippen LogP contribution is -2.47. The first-order chi connectivity index (χ1) is 21.5.